The number of rotatable bonds is 4. The van der Waals surface area contributed by atoms with Crippen LogP contribution in [0.5, 0.6) is 5.88 Å². The molecule has 0 saturated heterocycles. The largest absolute Gasteiger partial charge is 0.482 e. The molecule has 1 aromatic heterocycles. The molecule has 4 rings (SSSR count). The van der Waals surface area contributed by atoms with Crippen LogP contribution in [-0.2, 0) is 11.2 Å². The lowest BCUT2D eigenvalue weighted by Crippen LogP contribution is -2.47. The van der Waals surface area contributed by atoms with Crippen LogP contribution in [-0.4, -0.2) is 60.5 Å². The Morgan fingerprint density at radius 1 is 1.35 bits per heavy atom. The van der Waals surface area contributed by atoms with Crippen molar-refractivity contribution in [1.82, 2.24) is 14.8 Å². The Morgan fingerprint density at radius 2 is 2.12 bits per heavy atom. The lowest BCUT2D eigenvalue weighted by Gasteiger charge is -2.40. The Labute approximate surface area is 154 Å². The molecule has 1 N–H and O–H groups in total. The highest BCUT2D eigenvalue weighted by molar-refractivity contribution is 6.00. The van der Waals surface area contributed by atoms with Crippen molar-refractivity contribution in [1.29, 1.82) is 0 Å². The number of nitrogens with zero attached hydrogens (tertiary/aromatic N) is 2. The summed E-state index contributed by atoms with van der Waals surface area (Å²) in [5.41, 5.74) is 4.87. The van der Waals surface area contributed by atoms with Crippen LogP contribution >= 0.6 is 0 Å². The van der Waals surface area contributed by atoms with E-state index < -0.39 is 0 Å². The van der Waals surface area contributed by atoms with E-state index in [0.717, 1.165) is 37.5 Å². The quantitative estimate of drug-likeness (QED) is 0.919. The maximum atomic E-state index is 12.9. The van der Waals surface area contributed by atoms with Crippen molar-refractivity contribution in [2.45, 2.75) is 26.3 Å². The Hall–Kier alpha value is -2.27. The van der Waals surface area contributed by atoms with Crippen LogP contribution in [0.15, 0.2) is 24.3 Å². The Kier molecular flexibility index (Phi) is 4.27. The molecule has 2 aromatic rings. The maximum Gasteiger partial charge on any atom is 0.230 e. The number of hydrogen-bond acceptors (Lipinski definition) is 3. The summed E-state index contributed by atoms with van der Waals surface area (Å²) in [5.74, 6) is 1.02. The van der Waals surface area contributed by atoms with Gasteiger partial charge >= 0.3 is 0 Å². The van der Waals surface area contributed by atoms with Crippen LogP contribution in [0, 0.1) is 5.92 Å². The Bertz CT molecular complexity index is 879. The van der Waals surface area contributed by atoms with Crippen LogP contribution in [0.25, 0.3) is 16.5 Å². The molecule has 0 radical (unpaired) electrons. The van der Waals surface area contributed by atoms with E-state index in [4.69, 9.17) is 4.74 Å². The first-order valence-electron chi connectivity index (χ1n) is 9.47. The summed E-state index contributed by atoms with van der Waals surface area (Å²) < 4.78 is 5.59. The summed E-state index contributed by atoms with van der Waals surface area (Å²) in [6.07, 6.45) is 3.14. The van der Waals surface area contributed by atoms with Gasteiger partial charge in [0.05, 0.1) is 13.0 Å². The highest BCUT2D eigenvalue weighted by atomic mass is 16.5. The summed E-state index contributed by atoms with van der Waals surface area (Å²) in [6.45, 7) is 6.38. The molecule has 1 aliphatic heterocycles. The number of H-pyrrole nitrogens is 1. The number of fused-ring (bicyclic) bond motifs is 2. The molecule has 0 saturated carbocycles. The van der Waals surface area contributed by atoms with E-state index in [2.05, 4.69) is 41.2 Å². The van der Waals surface area contributed by atoms with Crippen LogP contribution in [0.3, 0.4) is 0 Å². The van der Waals surface area contributed by atoms with Gasteiger partial charge in [-0.3, -0.25) is 9.69 Å². The molecule has 0 bridgehead atoms. The lowest BCUT2D eigenvalue weighted by atomic mass is 9.79. The molecule has 5 nitrogen and oxygen atoms in total. The number of ether oxygens (including phenoxy) is 1. The first-order valence-corrected chi connectivity index (χ1v) is 9.47. The van der Waals surface area contributed by atoms with Crippen molar-refractivity contribution >= 4 is 22.4 Å². The number of carbonyl (C=O) groups excluding carboxylic acids is 1. The summed E-state index contributed by atoms with van der Waals surface area (Å²) in [6, 6.07) is 6.64. The molecule has 26 heavy (non-hydrogen) atoms. The monoisotopic (exact) mass is 353 g/mol. The summed E-state index contributed by atoms with van der Waals surface area (Å²) >= 11 is 0. The molecular weight excluding hydrogens is 326 g/mol. The number of nitrogens with one attached hydrogen (secondary N) is 1. The number of aromatic nitrogens is 1. The van der Waals surface area contributed by atoms with Gasteiger partial charge in [-0.1, -0.05) is 18.2 Å². The van der Waals surface area contributed by atoms with Crippen molar-refractivity contribution < 1.29 is 9.53 Å². The predicted octanol–water partition coefficient (Wildman–Crippen LogP) is 2.91. The van der Waals surface area contributed by atoms with Gasteiger partial charge in [0.1, 0.15) is 0 Å². The fraction of sp³-hybridized carbons (Fsp3) is 0.476. The fourth-order valence-electron chi connectivity index (χ4n) is 4.61. The second-order valence-electron chi connectivity index (χ2n) is 7.26. The Morgan fingerprint density at radius 3 is 2.81 bits per heavy atom. The van der Waals surface area contributed by atoms with Crippen molar-refractivity contribution in [3.63, 3.8) is 0 Å². The highest BCUT2D eigenvalue weighted by Crippen LogP contribution is 2.44. The van der Waals surface area contributed by atoms with Gasteiger partial charge in [0.25, 0.3) is 0 Å². The zero-order valence-electron chi connectivity index (χ0n) is 16.0. The number of carbonyl (C=O) groups is 1. The first kappa shape index (κ1) is 17.2. The van der Waals surface area contributed by atoms with E-state index >= 15 is 0 Å². The maximum absolute atomic E-state index is 12.9. The van der Waals surface area contributed by atoms with Gasteiger partial charge in [0.15, 0.2) is 5.88 Å². The molecule has 1 aromatic carbocycles. The molecule has 2 atom stereocenters. The van der Waals surface area contributed by atoms with Gasteiger partial charge in [-0.2, -0.15) is 0 Å². The number of methoxy groups -OCH3 is 1. The van der Waals surface area contributed by atoms with Gasteiger partial charge in [0.2, 0.25) is 5.91 Å². The fourth-order valence-corrected chi connectivity index (χ4v) is 4.61. The molecule has 5 heteroatoms. The van der Waals surface area contributed by atoms with E-state index in [-0.39, 0.29) is 11.8 Å². The third-order valence-corrected chi connectivity index (χ3v) is 5.95. The van der Waals surface area contributed by atoms with Gasteiger partial charge in [0, 0.05) is 42.1 Å². The number of benzene rings is 1. The minimum atomic E-state index is -0.0798. The second-order valence-corrected chi connectivity index (χ2v) is 7.26. The van der Waals surface area contributed by atoms with Crippen molar-refractivity contribution in [3.05, 3.63) is 35.4 Å². The van der Waals surface area contributed by atoms with Crippen LogP contribution in [0.2, 0.25) is 0 Å². The standard InChI is InChI=1S/C21H27N3O2/c1-5-24(6-2)21(25)13-10-15-14-8-7-9-17-19(14)16(20(22-17)26-4)11-18(15)23(3)12-13/h7-10,13,18,22H,5-6,11-12H2,1-4H3/t13-,18-/m1/s1. The minimum absolute atomic E-state index is 0.0798. The minimum Gasteiger partial charge on any atom is -0.482 e. The first-order chi connectivity index (χ1) is 12.6. The summed E-state index contributed by atoms with van der Waals surface area (Å²) in [5, 5.41) is 1.25. The van der Waals surface area contributed by atoms with Crippen LogP contribution < -0.4 is 4.74 Å². The molecule has 0 spiro atoms. The molecule has 1 aliphatic carbocycles. The molecular formula is C21H27N3O2. The van der Waals surface area contributed by atoms with E-state index in [0.29, 0.717) is 6.04 Å². The third-order valence-electron chi connectivity index (χ3n) is 5.95. The SMILES string of the molecule is CCN(CC)C(=O)[C@@H]1C=C2c3cccc4[nH]c(OC)c(c34)C[C@H]2N(C)C1. The van der Waals surface area contributed by atoms with E-state index in [1.807, 2.05) is 18.7 Å². The van der Waals surface area contributed by atoms with Crippen LogP contribution in [0.1, 0.15) is 25.0 Å². The van der Waals surface area contributed by atoms with Gasteiger partial charge in [-0.15, -0.1) is 0 Å². The zero-order chi connectivity index (χ0) is 18.4. The van der Waals surface area contributed by atoms with Gasteiger partial charge in [-0.05, 0) is 44.5 Å². The molecule has 2 heterocycles. The van der Waals surface area contributed by atoms with Gasteiger partial charge < -0.3 is 14.6 Å². The van der Waals surface area contributed by atoms with Crippen molar-refractivity contribution in [2.24, 2.45) is 5.92 Å². The smallest absolute Gasteiger partial charge is 0.230 e. The number of amides is 1. The van der Waals surface area contributed by atoms with E-state index in [1.54, 1.807) is 7.11 Å². The van der Waals surface area contributed by atoms with Crippen molar-refractivity contribution in [2.75, 3.05) is 33.8 Å². The number of likely N-dealkylation sites (N-methyl/N-ethyl adjacent to an activating group) is 1. The molecule has 1 amide bonds. The van der Waals surface area contributed by atoms with Crippen LogP contribution in [0.4, 0.5) is 0 Å². The van der Waals surface area contributed by atoms with Gasteiger partial charge in [-0.25, -0.2) is 0 Å². The zero-order valence-corrected chi connectivity index (χ0v) is 16.0. The highest BCUT2D eigenvalue weighted by Gasteiger charge is 2.37. The third kappa shape index (κ3) is 2.45. The topological polar surface area (TPSA) is 48.6 Å². The van der Waals surface area contributed by atoms with E-state index in [1.165, 1.54) is 22.1 Å². The molecule has 0 unspecified atom stereocenters. The number of aromatic amines is 1. The second kappa shape index (κ2) is 6.47. The number of hydrogen-bond donors (Lipinski definition) is 1. The molecule has 138 valence electrons. The lowest BCUT2D eigenvalue weighted by molar-refractivity contribution is -0.134. The molecule has 0 fully saturated rings. The normalized spacial score (nSPS) is 22.1. The van der Waals surface area contributed by atoms with Crippen molar-refractivity contribution in [3.8, 4) is 5.88 Å². The Balaban J connectivity index is 1.83. The average Bonchev–Trinajstić information content (AvgIpc) is 3.02. The summed E-state index contributed by atoms with van der Waals surface area (Å²) in [7, 11) is 3.85. The van der Waals surface area contributed by atoms with E-state index in [9.17, 15) is 4.79 Å². The average molecular weight is 353 g/mol. The summed E-state index contributed by atoms with van der Waals surface area (Å²) in [4.78, 5) is 20.6. The molecule has 2 aliphatic rings. The predicted molar refractivity (Wildman–Crippen MR) is 104 cm³/mol.